The van der Waals surface area contributed by atoms with Crippen molar-refractivity contribution in [3.05, 3.63) is 24.3 Å². The third kappa shape index (κ3) is 5.62. The fourth-order valence-corrected chi connectivity index (χ4v) is 1.66. The average Bonchev–Trinajstić information content (AvgIpc) is 2.36. The minimum atomic E-state index is -0.512. The monoisotopic (exact) mass is 290 g/mol. The van der Waals surface area contributed by atoms with E-state index in [2.05, 4.69) is 5.32 Å². The van der Waals surface area contributed by atoms with E-state index in [1.165, 1.54) is 0 Å². The molecule has 0 aliphatic carbocycles. The Balaban J connectivity index is 0.00000289. The van der Waals surface area contributed by atoms with Gasteiger partial charge in [0, 0.05) is 18.0 Å². The van der Waals surface area contributed by atoms with Crippen molar-refractivity contribution in [1.29, 1.82) is 0 Å². The number of thioether (sulfide) groups is 1. The zero-order chi connectivity index (χ0) is 12.7. The van der Waals surface area contributed by atoms with Crippen molar-refractivity contribution in [2.24, 2.45) is 5.73 Å². The summed E-state index contributed by atoms with van der Waals surface area (Å²) in [5.41, 5.74) is 5.30. The van der Waals surface area contributed by atoms with Gasteiger partial charge in [0.1, 0.15) is 5.75 Å². The van der Waals surface area contributed by atoms with Crippen molar-refractivity contribution < 1.29 is 9.53 Å². The Morgan fingerprint density at radius 2 is 2.06 bits per heavy atom. The van der Waals surface area contributed by atoms with Crippen molar-refractivity contribution in [1.82, 2.24) is 5.32 Å². The molecule has 0 heterocycles. The standard InChI is InChI=1S/C12H18N2O2S.ClH/c1-9(12(15)14-8-7-13)16-10-3-5-11(17-2)6-4-10;/h3-6,9H,7-8,13H2,1-2H3,(H,14,15);1H. The van der Waals surface area contributed by atoms with Crippen molar-refractivity contribution in [2.75, 3.05) is 19.3 Å². The largest absolute Gasteiger partial charge is 0.481 e. The Labute approximate surface area is 118 Å². The summed E-state index contributed by atoms with van der Waals surface area (Å²) in [5, 5.41) is 2.68. The van der Waals surface area contributed by atoms with Gasteiger partial charge in [0.25, 0.3) is 5.91 Å². The molecule has 0 aliphatic rings. The number of ether oxygens (including phenoxy) is 1. The van der Waals surface area contributed by atoms with Crippen molar-refractivity contribution in [3.63, 3.8) is 0 Å². The van der Waals surface area contributed by atoms with Crippen LogP contribution in [0.15, 0.2) is 29.2 Å². The van der Waals surface area contributed by atoms with E-state index in [9.17, 15) is 4.79 Å². The lowest BCUT2D eigenvalue weighted by molar-refractivity contribution is -0.127. The smallest absolute Gasteiger partial charge is 0.260 e. The Hall–Kier alpha value is -0.910. The van der Waals surface area contributed by atoms with Gasteiger partial charge in [-0.3, -0.25) is 4.79 Å². The lowest BCUT2D eigenvalue weighted by Crippen LogP contribution is -2.38. The number of carbonyl (C=O) groups excluding carboxylic acids is 1. The highest BCUT2D eigenvalue weighted by molar-refractivity contribution is 7.98. The maximum Gasteiger partial charge on any atom is 0.260 e. The van der Waals surface area contributed by atoms with Crippen molar-refractivity contribution in [2.45, 2.75) is 17.9 Å². The van der Waals surface area contributed by atoms with Gasteiger partial charge in [-0.05, 0) is 37.4 Å². The van der Waals surface area contributed by atoms with Crippen LogP contribution in [0, 0.1) is 0 Å². The van der Waals surface area contributed by atoms with Crippen LogP contribution >= 0.6 is 24.2 Å². The molecule has 18 heavy (non-hydrogen) atoms. The molecule has 102 valence electrons. The number of hydrogen-bond acceptors (Lipinski definition) is 4. The van der Waals surface area contributed by atoms with E-state index in [1.807, 2.05) is 30.5 Å². The van der Waals surface area contributed by atoms with E-state index in [-0.39, 0.29) is 18.3 Å². The second-order valence-electron chi connectivity index (χ2n) is 3.52. The van der Waals surface area contributed by atoms with Gasteiger partial charge in [-0.1, -0.05) is 0 Å². The minimum absolute atomic E-state index is 0. The first-order valence-electron chi connectivity index (χ1n) is 5.46. The van der Waals surface area contributed by atoms with E-state index in [4.69, 9.17) is 10.5 Å². The molecule has 3 N–H and O–H groups in total. The van der Waals surface area contributed by atoms with Gasteiger partial charge in [0.05, 0.1) is 0 Å². The average molecular weight is 291 g/mol. The molecule has 0 aliphatic heterocycles. The lowest BCUT2D eigenvalue weighted by atomic mass is 10.3. The molecule has 0 bridgehead atoms. The first-order chi connectivity index (χ1) is 8.17. The number of carbonyl (C=O) groups is 1. The molecule has 0 fully saturated rings. The molecule has 1 rings (SSSR count). The molecular formula is C12H19ClN2O2S. The van der Waals surface area contributed by atoms with Gasteiger partial charge in [-0.15, -0.1) is 24.2 Å². The number of nitrogens with two attached hydrogens (primary N) is 1. The normalized spacial score (nSPS) is 11.3. The number of halogens is 1. The van der Waals surface area contributed by atoms with Gasteiger partial charge >= 0.3 is 0 Å². The van der Waals surface area contributed by atoms with E-state index in [1.54, 1.807) is 18.7 Å². The Morgan fingerprint density at radius 1 is 1.44 bits per heavy atom. The summed E-state index contributed by atoms with van der Waals surface area (Å²) in [7, 11) is 0. The van der Waals surface area contributed by atoms with Crippen molar-refractivity contribution in [3.8, 4) is 5.75 Å². The van der Waals surface area contributed by atoms with Crippen LogP contribution in [0.2, 0.25) is 0 Å². The molecule has 6 heteroatoms. The number of amides is 1. The molecule has 1 unspecified atom stereocenters. The zero-order valence-electron chi connectivity index (χ0n) is 10.5. The van der Waals surface area contributed by atoms with Gasteiger partial charge < -0.3 is 15.8 Å². The molecular weight excluding hydrogens is 272 g/mol. The molecule has 1 amide bonds. The summed E-state index contributed by atoms with van der Waals surface area (Å²) in [6.07, 6.45) is 1.50. The van der Waals surface area contributed by atoms with E-state index in [0.29, 0.717) is 18.8 Å². The van der Waals surface area contributed by atoms with Crippen LogP contribution in [0.25, 0.3) is 0 Å². The molecule has 4 nitrogen and oxygen atoms in total. The van der Waals surface area contributed by atoms with Crippen LogP contribution in [0.1, 0.15) is 6.92 Å². The molecule has 0 spiro atoms. The first kappa shape index (κ1) is 17.1. The summed E-state index contributed by atoms with van der Waals surface area (Å²) in [5.74, 6) is 0.544. The molecule has 0 saturated carbocycles. The highest BCUT2D eigenvalue weighted by atomic mass is 35.5. The van der Waals surface area contributed by atoms with Crippen LogP contribution in [0.5, 0.6) is 5.75 Å². The van der Waals surface area contributed by atoms with Crippen LogP contribution < -0.4 is 15.8 Å². The van der Waals surface area contributed by atoms with Gasteiger partial charge in [0.15, 0.2) is 6.10 Å². The predicted octanol–water partition coefficient (Wildman–Crippen LogP) is 1.67. The predicted molar refractivity (Wildman–Crippen MR) is 77.6 cm³/mol. The topological polar surface area (TPSA) is 64.3 Å². The fourth-order valence-electron chi connectivity index (χ4n) is 1.25. The number of benzene rings is 1. The van der Waals surface area contributed by atoms with Gasteiger partial charge in [0.2, 0.25) is 0 Å². The molecule has 0 radical (unpaired) electrons. The maximum absolute atomic E-state index is 11.5. The highest BCUT2D eigenvalue weighted by Gasteiger charge is 2.13. The summed E-state index contributed by atoms with van der Waals surface area (Å²) in [4.78, 5) is 12.7. The first-order valence-corrected chi connectivity index (χ1v) is 6.68. The number of hydrogen-bond donors (Lipinski definition) is 2. The lowest BCUT2D eigenvalue weighted by Gasteiger charge is -2.14. The van der Waals surface area contributed by atoms with Crippen LogP contribution in [0.4, 0.5) is 0 Å². The Bertz CT molecular complexity index is 360. The molecule has 1 aromatic carbocycles. The molecule has 0 saturated heterocycles. The zero-order valence-corrected chi connectivity index (χ0v) is 12.1. The molecule has 0 aromatic heterocycles. The third-order valence-corrected chi connectivity index (χ3v) is 2.93. The van der Waals surface area contributed by atoms with Gasteiger partial charge in [-0.25, -0.2) is 0 Å². The Morgan fingerprint density at radius 3 is 2.56 bits per heavy atom. The van der Waals surface area contributed by atoms with E-state index in [0.717, 1.165) is 4.90 Å². The summed E-state index contributed by atoms with van der Waals surface area (Å²) in [6, 6.07) is 7.64. The maximum atomic E-state index is 11.5. The molecule has 1 atom stereocenters. The summed E-state index contributed by atoms with van der Waals surface area (Å²) in [6.45, 7) is 2.62. The SMILES string of the molecule is CSc1ccc(OC(C)C(=O)NCCN)cc1.Cl. The minimum Gasteiger partial charge on any atom is -0.481 e. The van der Waals surface area contributed by atoms with Crippen LogP contribution in [-0.4, -0.2) is 31.4 Å². The van der Waals surface area contributed by atoms with E-state index < -0.39 is 6.10 Å². The quantitative estimate of drug-likeness (QED) is 0.782. The Kier molecular flexibility index (Phi) is 8.62. The fraction of sp³-hybridized carbons (Fsp3) is 0.417. The second-order valence-corrected chi connectivity index (χ2v) is 4.39. The van der Waals surface area contributed by atoms with Crippen LogP contribution in [-0.2, 0) is 4.79 Å². The second kappa shape index (κ2) is 9.08. The summed E-state index contributed by atoms with van der Waals surface area (Å²) >= 11 is 1.67. The molecule has 1 aromatic rings. The van der Waals surface area contributed by atoms with E-state index >= 15 is 0 Å². The number of nitrogens with one attached hydrogen (secondary N) is 1. The van der Waals surface area contributed by atoms with Crippen LogP contribution in [0.3, 0.4) is 0 Å². The highest BCUT2D eigenvalue weighted by Crippen LogP contribution is 2.19. The summed E-state index contributed by atoms with van der Waals surface area (Å²) < 4.78 is 5.51. The third-order valence-electron chi connectivity index (χ3n) is 2.19. The van der Waals surface area contributed by atoms with Crippen molar-refractivity contribution >= 4 is 30.1 Å². The van der Waals surface area contributed by atoms with Gasteiger partial charge in [-0.2, -0.15) is 0 Å². The number of rotatable bonds is 6.